The van der Waals surface area contributed by atoms with Crippen molar-refractivity contribution in [3.05, 3.63) is 35.6 Å². The Labute approximate surface area is 100 Å². The van der Waals surface area contributed by atoms with Crippen molar-refractivity contribution in [2.75, 3.05) is 13.1 Å². The number of hydrogen-bond donors (Lipinski definition) is 0. The molecule has 0 aromatic heterocycles. The number of carbonyl (C=O) groups excluding carboxylic acids is 1. The van der Waals surface area contributed by atoms with Crippen LogP contribution in [0.4, 0.5) is 4.39 Å². The number of piperidine rings is 1. The van der Waals surface area contributed by atoms with Crippen molar-refractivity contribution in [1.82, 2.24) is 4.90 Å². The molecule has 2 nitrogen and oxygen atoms in total. The molecule has 90 valence electrons. The maximum Gasteiger partial charge on any atom is 0.135 e. The largest absolute Gasteiger partial charge is 0.300 e. The van der Waals surface area contributed by atoms with Crippen LogP contribution in [-0.4, -0.2) is 23.8 Å². The highest BCUT2D eigenvalue weighted by molar-refractivity contribution is 5.79. The molecule has 2 aliphatic rings. The van der Waals surface area contributed by atoms with E-state index in [1.807, 2.05) is 12.1 Å². The summed E-state index contributed by atoms with van der Waals surface area (Å²) in [6.45, 7) is 1.57. The zero-order valence-electron chi connectivity index (χ0n) is 9.79. The summed E-state index contributed by atoms with van der Waals surface area (Å²) in [4.78, 5) is 13.6. The van der Waals surface area contributed by atoms with E-state index in [4.69, 9.17) is 0 Å². The Morgan fingerprint density at radius 2 is 1.76 bits per heavy atom. The van der Waals surface area contributed by atoms with Gasteiger partial charge in [-0.3, -0.25) is 9.69 Å². The van der Waals surface area contributed by atoms with Gasteiger partial charge >= 0.3 is 0 Å². The number of ketones is 1. The highest BCUT2D eigenvalue weighted by atomic mass is 19.1. The fraction of sp³-hybridized carbons (Fsp3) is 0.500. The molecule has 3 heteroatoms. The molecule has 0 amide bonds. The van der Waals surface area contributed by atoms with Crippen LogP contribution < -0.4 is 0 Å². The number of hydrogen-bond acceptors (Lipinski definition) is 2. The summed E-state index contributed by atoms with van der Waals surface area (Å²) >= 11 is 0. The molecule has 1 saturated carbocycles. The minimum atomic E-state index is -0.109. The highest BCUT2D eigenvalue weighted by Gasteiger charge is 2.51. The number of Topliss-reactive ketones (excluding diaryl/α,β-unsaturated/α-hetero) is 1. The van der Waals surface area contributed by atoms with Crippen LogP contribution in [0.1, 0.15) is 31.2 Å². The van der Waals surface area contributed by atoms with E-state index in [1.54, 1.807) is 6.07 Å². The average molecular weight is 233 g/mol. The zero-order chi connectivity index (χ0) is 11.9. The lowest BCUT2D eigenvalue weighted by Crippen LogP contribution is -2.42. The van der Waals surface area contributed by atoms with E-state index in [-0.39, 0.29) is 11.4 Å². The predicted molar refractivity (Wildman–Crippen MR) is 63.1 cm³/mol. The molecule has 1 heterocycles. The van der Waals surface area contributed by atoms with Crippen molar-refractivity contribution in [1.29, 1.82) is 0 Å². The van der Waals surface area contributed by atoms with E-state index < -0.39 is 0 Å². The topological polar surface area (TPSA) is 20.3 Å². The van der Waals surface area contributed by atoms with Gasteiger partial charge in [0.2, 0.25) is 0 Å². The van der Waals surface area contributed by atoms with Crippen molar-refractivity contribution in [2.24, 2.45) is 0 Å². The van der Waals surface area contributed by atoms with E-state index in [2.05, 4.69) is 4.90 Å². The summed E-state index contributed by atoms with van der Waals surface area (Å²) < 4.78 is 13.9. The van der Waals surface area contributed by atoms with Gasteiger partial charge in [-0.25, -0.2) is 4.39 Å². The number of likely N-dealkylation sites (tertiary alicyclic amines) is 1. The third-order valence-electron chi connectivity index (χ3n) is 4.03. The smallest absolute Gasteiger partial charge is 0.135 e. The molecule has 17 heavy (non-hydrogen) atoms. The Balaban J connectivity index is 1.87. The zero-order valence-corrected chi connectivity index (χ0v) is 9.79. The Morgan fingerprint density at radius 1 is 1.12 bits per heavy atom. The van der Waals surface area contributed by atoms with E-state index in [1.165, 1.54) is 6.07 Å². The lowest BCUT2D eigenvalue weighted by atomic mass is 9.98. The first-order valence-corrected chi connectivity index (χ1v) is 6.24. The van der Waals surface area contributed by atoms with Crippen LogP contribution in [0.3, 0.4) is 0 Å². The van der Waals surface area contributed by atoms with Gasteiger partial charge in [0.25, 0.3) is 0 Å². The van der Waals surface area contributed by atoms with Crippen LogP contribution >= 0.6 is 0 Å². The van der Waals surface area contributed by atoms with Crippen LogP contribution in [0, 0.1) is 5.82 Å². The molecule has 1 aliphatic heterocycles. The molecule has 0 bridgehead atoms. The summed E-state index contributed by atoms with van der Waals surface area (Å²) in [5.74, 6) is 0.229. The van der Waals surface area contributed by atoms with E-state index in [9.17, 15) is 9.18 Å². The summed E-state index contributed by atoms with van der Waals surface area (Å²) in [6, 6.07) is 7.05. The van der Waals surface area contributed by atoms with Crippen molar-refractivity contribution in [3.8, 4) is 0 Å². The lowest BCUT2D eigenvalue weighted by molar-refractivity contribution is -0.122. The first kappa shape index (κ1) is 10.9. The molecule has 0 unspecified atom stereocenters. The van der Waals surface area contributed by atoms with Crippen molar-refractivity contribution in [2.45, 2.75) is 31.2 Å². The van der Waals surface area contributed by atoms with Crippen LogP contribution in [0.5, 0.6) is 0 Å². The maximum atomic E-state index is 13.9. The number of rotatable bonds is 2. The van der Waals surface area contributed by atoms with Crippen LogP contribution in [-0.2, 0) is 10.3 Å². The second-order valence-electron chi connectivity index (χ2n) is 5.04. The third kappa shape index (κ3) is 1.78. The van der Waals surface area contributed by atoms with Crippen molar-refractivity contribution in [3.63, 3.8) is 0 Å². The molecule has 1 saturated heterocycles. The fourth-order valence-electron chi connectivity index (χ4n) is 2.90. The van der Waals surface area contributed by atoms with Gasteiger partial charge in [-0.2, -0.15) is 0 Å². The molecule has 3 rings (SSSR count). The number of nitrogens with zero attached hydrogens (tertiary/aromatic N) is 1. The second-order valence-corrected chi connectivity index (χ2v) is 5.04. The molecule has 0 N–H and O–H groups in total. The number of carbonyl (C=O) groups is 1. The molecule has 1 aromatic carbocycles. The second kappa shape index (κ2) is 3.91. The number of halogens is 1. The molecular formula is C14H16FNO. The first-order chi connectivity index (χ1) is 8.22. The summed E-state index contributed by atoms with van der Waals surface area (Å²) in [7, 11) is 0. The van der Waals surface area contributed by atoms with Crippen molar-refractivity contribution < 1.29 is 9.18 Å². The number of benzene rings is 1. The van der Waals surface area contributed by atoms with Gasteiger partial charge in [0.05, 0.1) is 0 Å². The highest BCUT2D eigenvalue weighted by Crippen LogP contribution is 2.52. The SMILES string of the molecule is O=C1CCN(C2(c3ccccc3F)CC2)CC1. The standard InChI is InChI=1S/C14H16FNO/c15-13-4-2-1-3-12(13)14(7-8-14)16-9-5-11(17)6-10-16/h1-4H,5-10H2. The molecule has 0 spiro atoms. The van der Waals surface area contributed by atoms with Gasteiger partial charge in [-0.15, -0.1) is 0 Å². The van der Waals surface area contributed by atoms with E-state index >= 15 is 0 Å². The van der Waals surface area contributed by atoms with Gasteiger partial charge in [-0.05, 0) is 18.9 Å². The quantitative estimate of drug-likeness (QED) is 0.782. The first-order valence-electron chi connectivity index (χ1n) is 6.24. The Morgan fingerprint density at radius 3 is 2.35 bits per heavy atom. The molecule has 1 aliphatic carbocycles. The molecule has 0 radical (unpaired) electrons. The minimum absolute atomic E-state index is 0.105. The van der Waals surface area contributed by atoms with E-state index in [0.717, 1.165) is 31.5 Å². The monoisotopic (exact) mass is 233 g/mol. The van der Waals surface area contributed by atoms with Gasteiger partial charge in [0.15, 0.2) is 0 Å². The third-order valence-corrected chi connectivity index (χ3v) is 4.03. The Bertz CT molecular complexity index is 443. The molecular weight excluding hydrogens is 217 g/mol. The van der Waals surface area contributed by atoms with Gasteiger partial charge in [0, 0.05) is 37.0 Å². The summed E-state index contributed by atoms with van der Waals surface area (Å²) in [5, 5.41) is 0. The maximum absolute atomic E-state index is 13.9. The van der Waals surface area contributed by atoms with Crippen LogP contribution in [0.25, 0.3) is 0 Å². The summed E-state index contributed by atoms with van der Waals surface area (Å²) in [6.07, 6.45) is 3.27. The van der Waals surface area contributed by atoms with Gasteiger partial charge < -0.3 is 0 Å². The lowest BCUT2D eigenvalue weighted by Gasteiger charge is -2.35. The average Bonchev–Trinajstić information content (AvgIpc) is 3.12. The van der Waals surface area contributed by atoms with E-state index in [0.29, 0.717) is 18.6 Å². The predicted octanol–water partition coefficient (Wildman–Crippen LogP) is 2.48. The van der Waals surface area contributed by atoms with Crippen LogP contribution in [0.2, 0.25) is 0 Å². The van der Waals surface area contributed by atoms with Gasteiger partial charge in [0.1, 0.15) is 11.6 Å². The van der Waals surface area contributed by atoms with Gasteiger partial charge in [-0.1, -0.05) is 18.2 Å². The molecule has 2 fully saturated rings. The fourth-order valence-corrected chi connectivity index (χ4v) is 2.90. The molecule has 1 aromatic rings. The minimum Gasteiger partial charge on any atom is -0.300 e. The Hall–Kier alpha value is -1.22. The summed E-state index contributed by atoms with van der Waals surface area (Å²) in [5.41, 5.74) is 0.709. The molecule has 0 atom stereocenters. The van der Waals surface area contributed by atoms with Crippen molar-refractivity contribution >= 4 is 5.78 Å². The van der Waals surface area contributed by atoms with Crippen LogP contribution in [0.15, 0.2) is 24.3 Å². The normalized spacial score (nSPS) is 23.7. The Kier molecular flexibility index (Phi) is 2.51.